The van der Waals surface area contributed by atoms with Crippen molar-refractivity contribution in [1.29, 1.82) is 0 Å². The Labute approximate surface area is 163 Å². The molecule has 0 atom stereocenters. The lowest BCUT2D eigenvalue weighted by Gasteiger charge is -2.11. The van der Waals surface area contributed by atoms with Crippen molar-refractivity contribution in [3.8, 4) is 0 Å². The number of fused-ring (bicyclic) bond motifs is 1. The third kappa shape index (κ3) is 4.48. The number of carbonyl (C=O) groups is 3. The second kappa shape index (κ2) is 9.32. The Morgan fingerprint density at radius 2 is 1.89 bits per heavy atom. The molecule has 1 aromatic carbocycles. The molecule has 0 radical (unpaired) electrons. The highest BCUT2D eigenvalue weighted by Gasteiger charge is 2.36. The summed E-state index contributed by atoms with van der Waals surface area (Å²) in [6, 6.07) is 7.97. The predicted octanol–water partition coefficient (Wildman–Crippen LogP) is 3.01. The number of furan rings is 1. The Kier molecular flexibility index (Phi) is 6.60. The van der Waals surface area contributed by atoms with Gasteiger partial charge in [-0.2, -0.15) is 0 Å². The molecule has 7 heteroatoms. The van der Waals surface area contributed by atoms with Gasteiger partial charge in [0.2, 0.25) is 0 Å². The fourth-order valence-electron chi connectivity index (χ4n) is 2.96. The average Bonchev–Trinajstić information content (AvgIpc) is 3.30. The van der Waals surface area contributed by atoms with Crippen molar-refractivity contribution in [3.63, 3.8) is 0 Å². The molecule has 0 fully saturated rings. The summed E-state index contributed by atoms with van der Waals surface area (Å²) in [6.07, 6.45) is 4.33. The average molecular weight is 384 g/mol. The van der Waals surface area contributed by atoms with Gasteiger partial charge < -0.3 is 14.5 Å². The van der Waals surface area contributed by atoms with Gasteiger partial charge >= 0.3 is 0 Å². The summed E-state index contributed by atoms with van der Waals surface area (Å²) in [4.78, 5) is 38.5. The Bertz CT molecular complexity index is 844. The van der Waals surface area contributed by atoms with E-state index >= 15 is 0 Å². The third-order valence-electron chi connectivity index (χ3n) is 4.52. The zero-order chi connectivity index (χ0) is 19.9. The number of amides is 3. The normalized spacial score (nSPS) is 13.1. The van der Waals surface area contributed by atoms with E-state index in [0.29, 0.717) is 30.0 Å². The minimum Gasteiger partial charge on any atom is -0.467 e. The maximum Gasteiger partial charge on any atom is 0.261 e. The van der Waals surface area contributed by atoms with Crippen LogP contribution in [0.4, 0.5) is 0 Å². The molecule has 3 amide bonds. The molecule has 0 unspecified atom stereocenters. The highest BCUT2D eigenvalue weighted by Crippen LogP contribution is 2.25. The molecule has 7 nitrogen and oxygen atoms in total. The maximum atomic E-state index is 12.6. The number of carbonyl (C=O) groups excluding carboxylic acids is 3. The van der Waals surface area contributed by atoms with Crippen molar-refractivity contribution in [2.75, 3.05) is 19.8 Å². The van der Waals surface area contributed by atoms with Crippen LogP contribution in [0.25, 0.3) is 0 Å². The fraction of sp³-hybridized carbons (Fsp3) is 0.381. The van der Waals surface area contributed by atoms with Gasteiger partial charge in [-0.1, -0.05) is 13.3 Å². The molecule has 0 spiro atoms. The Balaban J connectivity index is 1.57. The van der Waals surface area contributed by atoms with E-state index in [4.69, 9.17) is 9.15 Å². The van der Waals surface area contributed by atoms with Crippen molar-refractivity contribution in [2.24, 2.45) is 0 Å². The number of nitrogens with zero attached hydrogens (tertiary/aromatic N) is 1. The van der Waals surface area contributed by atoms with E-state index in [1.54, 1.807) is 18.2 Å². The van der Waals surface area contributed by atoms with Crippen molar-refractivity contribution >= 4 is 17.7 Å². The molecule has 3 rings (SSSR count). The van der Waals surface area contributed by atoms with Crippen LogP contribution < -0.4 is 5.32 Å². The summed E-state index contributed by atoms with van der Waals surface area (Å²) in [6.45, 7) is 3.99. The summed E-state index contributed by atoms with van der Waals surface area (Å²) < 4.78 is 10.7. The highest BCUT2D eigenvalue weighted by atomic mass is 16.5. The second-order valence-corrected chi connectivity index (χ2v) is 6.61. The molecule has 2 heterocycles. The van der Waals surface area contributed by atoms with E-state index in [1.807, 2.05) is 0 Å². The van der Waals surface area contributed by atoms with Crippen LogP contribution in [0.5, 0.6) is 0 Å². The van der Waals surface area contributed by atoms with E-state index in [2.05, 4.69) is 12.2 Å². The number of imide groups is 1. The van der Waals surface area contributed by atoms with Gasteiger partial charge in [0.25, 0.3) is 17.7 Å². The summed E-state index contributed by atoms with van der Waals surface area (Å²) in [5.74, 6) is -0.558. The number of unbranched alkanes of at least 4 members (excludes halogenated alkanes) is 1. The molecule has 1 aliphatic heterocycles. The van der Waals surface area contributed by atoms with Gasteiger partial charge in [0.05, 0.1) is 23.9 Å². The molecule has 0 bridgehead atoms. The minimum absolute atomic E-state index is 0.0684. The van der Waals surface area contributed by atoms with E-state index in [1.165, 1.54) is 18.4 Å². The van der Waals surface area contributed by atoms with E-state index < -0.39 is 5.91 Å². The largest absolute Gasteiger partial charge is 0.467 e. The molecule has 2 aromatic rings. The smallest absolute Gasteiger partial charge is 0.261 e. The first-order valence-corrected chi connectivity index (χ1v) is 9.50. The lowest BCUT2D eigenvalue weighted by atomic mass is 10.1. The summed E-state index contributed by atoms with van der Waals surface area (Å²) in [5, 5.41) is 2.81. The van der Waals surface area contributed by atoms with Gasteiger partial charge in [0.15, 0.2) is 0 Å². The summed E-state index contributed by atoms with van der Waals surface area (Å²) in [7, 11) is 0. The molecule has 0 saturated carbocycles. The van der Waals surface area contributed by atoms with Gasteiger partial charge in [0, 0.05) is 25.3 Å². The Morgan fingerprint density at radius 1 is 1.11 bits per heavy atom. The zero-order valence-corrected chi connectivity index (χ0v) is 15.9. The lowest BCUT2D eigenvalue weighted by Crippen LogP contribution is -2.28. The zero-order valence-electron chi connectivity index (χ0n) is 15.9. The number of nitrogens with one attached hydrogen (secondary N) is 1. The van der Waals surface area contributed by atoms with Crippen LogP contribution in [0.1, 0.15) is 63.0 Å². The van der Waals surface area contributed by atoms with E-state index in [0.717, 1.165) is 30.8 Å². The van der Waals surface area contributed by atoms with Crippen LogP contribution in [0, 0.1) is 0 Å². The maximum absolute atomic E-state index is 12.6. The quantitative estimate of drug-likeness (QED) is 0.502. The lowest BCUT2D eigenvalue weighted by molar-refractivity contribution is 0.0631. The number of rotatable bonds is 10. The minimum atomic E-state index is -0.421. The van der Waals surface area contributed by atoms with Gasteiger partial charge in [-0.3, -0.25) is 19.3 Å². The van der Waals surface area contributed by atoms with Crippen molar-refractivity contribution in [1.82, 2.24) is 10.2 Å². The molecule has 0 aliphatic carbocycles. The molecular formula is C21H24N2O5. The van der Waals surface area contributed by atoms with Gasteiger partial charge in [0.1, 0.15) is 5.76 Å². The molecule has 0 saturated heterocycles. The first-order chi connectivity index (χ1) is 13.6. The molecule has 1 aromatic heterocycles. The second-order valence-electron chi connectivity index (χ2n) is 6.61. The highest BCUT2D eigenvalue weighted by molar-refractivity contribution is 6.21. The number of hydrogen-bond donors (Lipinski definition) is 1. The summed E-state index contributed by atoms with van der Waals surface area (Å²) in [5.41, 5.74) is 0.899. The van der Waals surface area contributed by atoms with Crippen LogP contribution >= 0.6 is 0 Å². The molecular weight excluding hydrogens is 360 g/mol. The number of hydrogen-bond acceptors (Lipinski definition) is 5. The Morgan fingerprint density at radius 3 is 2.64 bits per heavy atom. The van der Waals surface area contributed by atoms with Gasteiger partial charge in [-0.05, 0) is 43.2 Å². The predicted molar refractivity (Wildman–Crippen MR) is 102 cm³/mol. The molecule has 148 valence electrons. The van der Waals surface area contributed by atoms with Crippen LogP contribution in [0.15, 0.2) is 41.0 Å². The fourth-order valence-corrected chi connectivity index (χ4v) is 2.96. The first kappa shape index (κ1) is 19.8. The standard InChI is InChI=1S/C21H24N2O5/c1-2-3-10-27-11-5-9-22-19(24)15-7-8-17-18(13-15)21(26)23(20(17)25)14-16-6-4-12-28-16/h4,6-8,12-13H,2-3,5,9-11,14H2,1H3,(H,22,24). The van der Waals surface area contributed by atoms with Crippen LogP contribution in [-0.4, -0.2) is 42.4 Å². The van der Waals surface area contributed by atoms with Crippen LogP contribution in [0.3, 0.4) is 0 Å². The van der Waals surface area contributed by atoms with Crippen LogP contribution in [-0.2, 0) is 11.3 Å². The Hall–Kier alpha value is -2.93. The van der Waals surface area contributed by atoms with E-state index in [9.17, 15) is 14.4 Å². The third-order valence-corrected chi connectivity index (χ3v) is 4.52. The number of benzene rings is 1. The summed E-state index contributed by atoms with van der Waals surface area (Å²) >= 11 is 0. The van der Waals surface area contributed by atoms with Gasteiger partial charge in [-0.25, -0.2) is 0 Å². The monoisotopic (exact) mass is 384 g/mol. The van der Waals surface area contributed by atoms with E-state index in [-0.39, 0.29) is 23.9 Å². The van der Waals surface area contributed by atoms with Crippen LogP contribution in [0.2, 0.25) is 0 Å². The molecule has 1 aliphatic rings. The number of ether oxygens (including phenoxy) is 1. The SMILES string of the molecule is CCCCOCCCNC(=O)c1ccc2c(c1)C(=O)N(Cc1ccco1)C2=O. The molecule has 1 N–H and O–H groups in total. The molecule has 28 heavy (non-hydrogen) atoms. The van der Waals surface area contributed by atoms with Crippen molar-refractivity contribution in [3.05, 3.63) is 59.0 Å². The van der Waals surface area contributed by atoms with Crippen molar-refractivity contribution in [2.45, 2.75) is 32.7 Å². The van der Waals surface area contributed by atoms with Gasteiger partial charge in [-0.15, -0.1) is 0 Å². The van der Waals surface area contributed by atoms with Crippen molar-refractivity contribution < 1.29 is 23.5 Å². The topological polar surface area (TPSA) is 88.8 Å². The first-order valence-electron chi connectivity index (χ1n) is 9.50.